The van der Waals surface area contributed by atoms with Crippen molar-refractivity contribution in [2.45, 2.75) is 25.7 Å². The molecule has 1 amide bonds. The van der Waals surface area contributed by atoms with E-state index in [4.69, 9.17) is 5.11 Å². The Bertz CT molecular complexity index is 451. The van der Waals surface area contributed by atoms with E-state index >= 15 is 0 Å². The van der Waals surface area contributed by atoms with E-state index in [0.717, 1.165) is 5.56 Å². The molecular formula is C14H17NO3. The summed E-state index contributed by atoms with van der Waals surface area (Å²) < 4.78 is 0. The summed E-state index contributed by atoms with van der Waals surface area (Å²) in [6.45, 7) is 2.06. The van der Waals surface area contributed by atoms with Gasteiger partial charge in [-0.25, -0.2) is 0 Å². The number of carbonyl (C=O) groups is 2. The number of carboxylic acid groups (broad SMARTS) is 1. The highest BCUT2D eigenvalue weighted by Gasteiger charge is 2.50. The van der Waals surface area contributed by atoms with E-state index in [2.05, 4.69) is 5.32 Å². The van der Waals surface area contributed by atoms with Crippen LogP contribution in [-0.2, 0) is 9.59 Å². The number of carbonyl (C=O) groups excluding carboxylic acids is 1. The Morgan fingerprint density at radius 2 is 1.94 bits per heavy atom. The summed E-state index contributed by atoms with van der Waals surface area (Å²) in [5.41, 5.74) is 0.238. The fourth-order valence-electron chi connectivity index (χ4n) is 1.92. The quantitative estimate of drug-likeness (QED) is 0.833. The second-order valence-corrected chi connectivity index (χ2v) is 4.94. The molecule has 1 aromatic carbocycles. The smallest absolute Gasteiger partial charge is 0.311 e. The van der Waals surface area contributed by atoms with Crippen molar-refractivity contribution in [2.75, 3.05) is 6.54 Å². The third-order valence-electron chi connectivity index (χ3n) is 3.60. The topological polar surface area (TPSA) is 66.4 Å². The van der Waals surface area contributed by atoms with E-state index in [0.29, 0.717) is 12.8 Å². The van der Waals surface area contributed by atoms with Crippen LogP contribution in [0.25, 0.3) is 0 Å². The maximum Gasteiger partial charge on any atom is 0.311 e. The first kappa shape index (κ1) is 12.6. The third kappa shape index (κ3) is 2.53. The number of aliphatic carboxylic acids is 1. The van der Waals surface area contributed by atoms with Gasteiger partial charge in [-0.15, -0.1) is 0 Å². The van der Waals surface area contributed by atoms with Gasteiger partial charge in [0.1, 0.15) is 0 Å². The first-order chi connectivity index (χ1) is 8.55. The minimum absolute atomic E-state index is 0.117. The molecule has 1 aliphatic rings. The van der Waals surface area contributed by atoms with Crippen LogP contribution in [0, 0.1) is 5.41 Å². The van der Waals surface area contributed by atoms with Gasteiger partial charge in [-0.1, -0.05) is 30.3 Å². The first-order valence-electron chi connectivity index (χ1n) is 6.11. The third-order valence-corrected chi connectivity index (χ3v) is 3.60. The molecule has 0 saturated heterocycles. The predicted molar refractivity (Wildman–Crippen MR) is 67.2 cm³/mol. The van der Waals surface area contributed by atoms with Crippen LogP contribution in [0.3, 0.4) is 0 Å². The zero-order valence-electron chi connectivity index (χ0n) is 10.3. The highest BCUT2D eigenvalue weighted by atomic mass is 16.4. The van der Waals surface area contributed by atoms with Crippen LogP contribution in [0.4, 0.5) is 0 Å². The summed E-state index contributed by atoms with van der Waals surface area (Å²) in [4.78, 5) is 22.9. The minimum atomic E-state index is -0.810. The fraction of sp³-hybridized carbons (Fsp3) is 0.429. The molecule has 0 spiro atoms. The Hall–Kier alpha value is -1.84. The molecule has 1 atom stereocenters. The molecule has 2 N–H and O–H groups in total. The SMILES string of the molecule is C[C@H](C(=O)NCC1(C(=O)O)CC1)c1ccccc1. The average molecular weight is 247 g/mol. The molecule has 1 aliphatic carbocycles. The van der Waals surface area contributed by atoms with Crippen LogP contribution in [0.1, 0.15) is 31.2 Å². The zero-order valence-corrected chi connectivity index (χ0v) is 10.3. The van der Waals surface area contributed by atoms with Crippen LogP contribution < -0.4 is 5.32 Å². The van der Waals surface area contributed by atoms with Gasteiger partial charge in [-0.2, -0.15) is 0 Å². The number of amides is 1. The van der Waals surface area contributed by atoms with E-state index in [1.165, 1.54) is 0 Å². The average Bonchev–Trinajstić information content (AvgIpc) is 3.17. The molecule has 1 fully saturated rings. The maximum absolute atomic E-state index is 11.9. The number of hydrogen-bond acceptors (Lipinski definition) is 2. The molecule has 96 valence electrons. The van der Waals surface area contributed by atoms with E-state index in [1.807, 2.05) is 37.3 Å². The van der Waals surface area contributed by atoms with E-state index in [1.54, 1.807) is 0 Å². The van der Waals surface area contributed by atoms with Crippen molar-refractivity contribution in [3.63, 3.8) is 0 Å². The molecule has 0 aromatic heterocycles. The van der Waals surface area contributed by atoms with Crippen LogP contribution in [0.2, 0.25) is 0 Å². The zero-order chi connectivity index (χ0) is 13.2. The van der Waals surface area contributed by atoms with Gasteiger partial charge in [0.15, 0.2) is 0 Å². The van der Waals surface area contributed by atoms with Gasteiger partial charge in [0.25, 0.3) is 0 Å². The maximum atomic E-state index is 11.9. The summed E-state index contributed by atoms with van der Waals surface area (Å²) in [5.74, 6) is -1.18. The molecule has 0 heterocycles. The molecule has 0 aliphatic heterocycles. The van der Waals surface area contributed by atoms with Gasteiger partial charge in [-0.05, 0) is 25.3 Å². The normalized spacial score (nSPS) is 17.8. The van der Waals surface area contributed by atoms with E-state index in [9.17, 15) is 9.59 Å². The second kappa shape index (κ2) is 4.80. The molecule has 0 unspecified atom stereocenters. The number of nitrogens with one attached hydrogen (secondary N) is 1. The van der Waals surface area contributed by atoms with Crippen molar-refractivity contribution in [1.29, 1.82) is 0 Å². The van der Waals surface area contributed by atoms with Crippen molar-refractivity contribution in [2.24, 2.45) is 5.41 Å². The summed E-state index contributed by atoms with van der Waals surface area (Å²) in [5, 5.41) is 11.8. The monoisotopic (exact) mass is 247 g/mol. The number of carboxylic acids is 1. The first-order valence-corrected chi connectivity index (χ1v) is 6.11. The highest BCUT2D eigenvalue weighted by molar-refractivity contribution is 5.84. The summed E-state index contributed by atoms with van der Waals surface area (Å²) >= 11 is 0. The molecular weight excluding hydrogens is 230 g/mol. The summed E-state index contributed by atoms with van der Waals surface area (Å²) in [6.07, 6.45) is 1.31. The Labute approximate surface area is 106 Å². The van der Waals surface area contributed by atoms with Gasteiger partial charge in [0, 0.05) is 6.54 Å². The van der Waals surface area contributed by atoms with E-state index in [-0.39, 0.29) is 18.4 Å². The Morgan fingerprint density at radius 3 is 2.44 bits per heavy atom. The summed E-state index contributed by atoms with van der Waals surface area (Å²) in [7, 11) is 0. The van der Waals surface area contributed by atoms with Crippen LogP contribution in [-0.4, -0.2) is 23.5 Å². The summed E-state index contributed by atoms with van der Waals surface area (Å²) in [6, 6.07) is 9.47. The van der Waals surface area contributed by atoms with Crippen molar-refractivity contribution >= 4 is 11.9 Å². The van der Waals surface area contributed by atoms with Gasteiger partial charge >= 0.3 is 5.97 Å². The molecule has 0 bridgehead atoms. The molecule has 4 heteroatoms. The molecule has 4 nitrogen and oxygen atoms in total. The standard InChI is InChI=1S/C14H17NO3/c1-10(11-5-3-2-4-6-11)12(16)15-9-14(7-8-14)13(17)18/h2-6,10H,7-9H2,1H3,(H,15,16)(H,17,18)/t10-/m0/s1. The van der Waals surface area contributed by atoms with Crippen molar-refractivity contribution in [1.82, 2.24) is 5.32 Å². The Kier molecular flexibility index (Phi) is 3.36. The van der Waals surface area contributed by atoms with E-state index < -0.39 is 11.4 Å². The predicted octanol–water partition coefficient (Wildman–Crippen LogP) is 1.77. The van der Waals surface area contributed by atoms with Gasteiger partial charge in [-0.3, -0.25) is 9.59 Å². The number of rotatable bonds is 5. The molecule has 2 rings (SSSR count). The minimum Gasteiger partial charge on any atom is -0.481 e. The second-order valence-electron chi connectivity index (χ2n) is 4.94. The number of hydrogen-bond donors (Lipinski definition) is 2. The van der Waals surface area contributed by atoms with Gasteiger partial charge in [0.2, 0.25) is 5.91 Å². The largest absolute Gasteiger partial charge is 0.481 e. The Morgan fingerprint density at radius 1 is 1.33 bits per heavy atom. The van der Waals surface area contributed by atoms with Crippen LogP contribution in [0.15, 0.2) is 30.3 Å². The lowest BCUT2D eigenvalue weighted by molar-refractivity contribution is -0.143. The Balaban J connectivity index is 1.91. The fourth-order valence-corrected chi connectivity index (χ4v) is 1.92. The van der Waals surface area contributed by atoms with Crippen molar-refractivity contribution in [3.8, 4) is 0 Å². The lowest BCUT2D eigenvalue weighted by atomic mass is 10.00. The lowest BCUT2D eigenvalue weighted by Crippen LogP contribution is -2.36. The van der Waals surface area contributed by atoms with Crippen LogP contribution >= 0.6 is 0 Å². The highest BCUT2D eigenvalue weighted by Crippen LogP contribution is 2.45. The van der Waals surface area contributed by atoms with Gasteiger partial charge < -0.3 is 10.4 Å². The molecule has 0 radical (unpaired) electrons. The molecule has 18 heavy (non-hydrogen) atoms. The molecule has 1 saturated carbocycles. The van der Waals surface area contributed by atoms with Crippen molar-refractivity contribution < 1.29 is 14.7 Å². The van der Waals surface area contributed by atoms with Gasteiger partial charge in [0.05, 0.1) is 11.3 Å². The van der Waals surface area contributed by atoms with Crippen molar-refractivity contribution in [3.05, 3.63) is 35.9 Å². The lowest BCUT2D eigenvalue weighted by Gasteiger charge is -2.15. The molecule has 1 aromatic rings. The number of benzene rings is 1. The van der Waals surface area contributed by atoms with Crippen LogP contribution in [0.5, 0.6) is 0 Å².